The lowest BCUT2D eigenvalue weighted by atomic mass is 9.98. The summed E-state index contributed by atoms with van der Waals surface area (Å²) < 4.78 is 6.68. The summed E-state index contributed by atoms with van der Waals surface area (Å²) in [7, 11) is 3.45. The summed E-state index contributed by atoms with van der Waals surface area (Å²) in [4.78, 5) is 11.8. The number of methoxy groups -OCH3 is 1. The van der Waals surface area contributed by atoms with E-state index < -0.39 is 5.54 Å². The van der Waals surface area contributed by atoms with E-state index in [1.165, 1.54) is 0 Å². The molecular weight excluding hydrogens is 232 g/mol. The third-order valence-corrected chi connectivity index (χ3v) is 2.65. The highest BCUT2D eigenvalue weighted by Crippen LogP contribution is 2.18. The quantitative estimate of drug-likeness (QED) is 0.823. The molecule has 1 aromatic rings. The number of hydrogen-bond donors (Lipinski definition) is 2. The molecule has 0 unspecified atom stereocenters. The van der Waals surface area contributed by atoms with Gasteiger partial charge in [0.1, 0.15) is 0 Å². The minimum absolute atomic E-state index is 0.0281. The van der Waals surface area contributed by atoms with Crippen LogP contribution in [0.3, 0.4) is 0 Å². The van der Waals surface area contributed by atoms with E-state index in [4.69, 9.17) is 4.74 Å². The van der Waals surface area contributed by atoms with Crippen molar-refractivity contribution in [1.82, 2.24) is 20.4 Å². The molecule has 2 amide bonds. The molecule has 0 aliphatic heterocycles. The highest BCUT2D eigenvalue weighted by molar-refractivity contribution is 5.75. The van der Waals surface area contributed by atoms with Gasteiger partial charge in [-0.25, -0.2) is 4.79 Å². The van der Waals surface area contributed by atoms with Crippen molar-refractivity contribution in [2.24, 2.45) is 7.05 Å². The zero-order valence-electron chi connectivity index (χ0n) is 11.7. The number of rotatable bonds is 5. The summed E-state index contributed by atoms with van der Waals surface area (Å²) in [5.41, 5.74) is 0.491. The Labute approximate surface area is 108 Å². The van der Waals surface area contributed by atoms with Crippen LogP contribution in [0.1, 0.15) is 26.3 Å². The van der Waals surface area contributed by atoms with Crippen LogP contribution in [0.25, 0.3) is 0 Å². The van der Waals surface area contributed by atoms with Crippen molar-refractivity contribution in [3.8, 4) is 0 Å². The lowest BCUT2D eigenvalue weighted by Gasteiger charge is -2.26. The molecule has 0 radical (unpaired) electrons. The topological polar surface area (TPSA) is 68.2 Å². The first-order valence-electron chi connectivity index (χ1n) is 5.92. The van der Waals surface area contributed by atoms with E-state index in [9.17, 15) is 4.79 Å². The van der Waals surface area contributed by atoms with Crippen molar-refractivity contribution in [3.63, 3.8) is 0 Å². The minimum atomic E-state index is -0.467. The summed E-state index contributed by atoms with van der Waals surface area (Å²) in [5, 5.41) is 9.83. The summed E-state index contributed by atoms with van der Waals surface area (Å²) in [5.74, 6) is 0. The Morgan fingerprint density at radius 1 is 1.61 bits per heavy atom. The Morgan fingerprint density at radius 3 is 2.78 bits per heavy atom. The van der Waals surface area contributed by atoms with Crippen molar-refractivity contribution < 1.29 is 9.53 Å². The van der Waals surface area contributed by atoms with Crippen molar-refractivity contribution in [2.45, 2.75) is 32.4 Å². The molecule has 1 atom stereocenters. The molecule has 0 spiro atoms. The highest BCUT2D eigenvalue weighted by Gasteiger charge is 2.24. The lowest BCUT2D eigenvalue weighted by Crippen LogP contribution is -2.49. The Balaban J connectivity index is 2.57. The van der Waals surface area contributed by atoms with E-state index in [1.54, 1.807) is 18.0 Å². The van der Waals surface area contributed by atoms with Gasteiger partial charge in [0.25, 0.3) is 0 Å². The number of aryl methyl sites for hydroxylation is 1. The molecule has 0 aliphatic carbocycles. The van der Waals surface area contributed by atoms with Crippen LogP contribution in [0, 0.1) is 0 Å². The van der Waals surface area contributed by atoms with Gasteiger partial charge in [0.2, 0.25) is 0 Å². The molecule has 6 nitrogen and oxygen atoms in total. The average molecular weight is 254 g/mol. The van der Waals surface area contributed by atoms with Gasteiger partial charge in [0.05, 0.1) is 24.4 Å². The molecule has 0 aromatic carbocycles. The van der Waals surface area contributed by atoms with Crippen molar-refractivity contribution in [1.29, 1.82) is 0 Å². The minimum Gasteiger partial charge on any atom is -0.383 e. The zero-order valence-corrected chi connectivity index (χ0v) is 11.7. The smallest absolute Gasteiger partial charge is 0.315 e. The first-order valence-corrected chi connectivity index (χ1v) is 5.92. The van der Waals surface area contributed by atoms with Crippen LogP contribution in [-0.2, 0) is 17.3 Å². The van der Waals surface area contributed by atoms with E-state index in [1.807, 2.05) is 34.0 Å². The second-order valence-electron chi connectivity index (χ2n) is 4.98. The molecule has 6 heteroatoms. The predicted molar refractivity (Wildman–Crippen MR) is 69.2 cm³/mol. The van der Waals surface area contributed by atoms with Crippen molar-refractivity contribution >= 4 is 6.03 Å². The fraction of sp³-hybridized carbons (Fsp3) is 0.667. The second-order valence-corrected chi connectivity index (χ2v) is 4.98. The van der Waals surface area contributed by atoms with Crippen LogP contribution in [0.15, 0.2) is 12.4 Å². The number of hydrogen-bond acceptors (Lipinski definition) is 3. The van der Waals surface area contributed by atoms with Crippen LogP contribution in [0.4, 0.5) is 4.79 Å². The van der Waals surface area contributed by atoms with E-state index in [0.717, 1.165) is 5.56 Å². The maximum absolute atomic E-state index is 11.8. The summed E-state index contributed by atoms with van der Waals surface area (Å²) in [6, 6.07) is -0.242. The Hall–Kier alpha value is -1.56. The third kappa shape index (κ3) is 4.03. The van der Waals surface area contributed by atoms with Gasteiger partial charge in [-0.3, -0.25) is 4.68 Å². The van der Waals surface area contributed by atoms with Gasteiger partial charge in [0.15, 0.2) is 0 Å². The summed E-state index contributed by atoms with van der Waals surface area (Å²) in [6.07, 6.45) is 3.64. The second kappa shape index (κ2) is 5.86. The van der Waals surface area contributed by atoms with Crippen LogP contribution in [-0.4, -0.2) is 35.6 Å². The molecule has 18 heavy (non-hydrogen) atoms. The van der Waals surface area contributed by atoms with Gasteiger partial charge in [-0.1, -0.05) is 0 Å². The van der Waals surface area contributed by atoms with Crippen LogP contribution < -0.4 is 10.6 Å². The molecule has 102 valence electrons. The monoisotopic (exact) mass is 254 g/mol. The first-order chi connectivity index (χ1) is 8.35. The molecule has 1 aromatic heterocycles. The lowest BCUT2D eigenvalue weighted by molar-refractivity contribution is 0.169. The predicted octanol–water partition coefficient (Wildman–Crippen LogP) is 0.989. The van der Waals surface area contributed by atoms with E-state index in [0.29, 0.717) is 6.61 Å². The third-order valence-electron chi connectivity index (χ3n) is 2.65. The fourth-order valence-electron chi connectivity index (χ4n) is 1.65. The van der Waals surface area contributed by atoms with E-state index >= 15 is 0 Å². The number of urea groups is 1. The van der Waals surface area contributed by atoms with Crippen LogP contribution in [0.5, 0.6) is 0 Å². The number of nitrogens with one attached hydrogen (secondary N) is 2. The van der Waals surface area contributed by atoms with Gasteiger partial charge in [-0.05, 0) is 20.8 Å². The highest BCUT2D eigenvalue weighted by atomic mass is 16.5. The average Bonchev–Trinajstić information content (AvgIpc) is 2.64. The first kappa shape index (κ1) is 14.5. The molecule has 1 rings (SSSR count). The molecule has 0 aliphatic rings. The maximum Gasteiger partial charge on any atom is 0.315 e. The number of amides is 2. The van der Waals surface area contributed by atoms with E-state index in [2.05, 4.69) is 15.7 Å². The Morgan fingerprint density at radius 2 is 2.28 bits per heavy atom. The van der Waals surface area contributed by atoms with Gasteiger partial charge >= 0.3 is 6.03 Å². The van der Waals surface area contributed by atoms with Gasteiger partial charge in [0, 0.05) is 25.9 Å². The van der Waals surface area contributed by atoms with Gasteiger partial charge < -0.3 is 15.4 Å². The van der Waals surface area contributed by atoms with Gasteiger partial charge in [-0.2, -0.15) is 5.10 Å². The molecule has 0 saturated heterocycles. The maximum atomic E-state index is 11.8. The normalized spacial score (nSPS) is 13.2. The number of nitrogens with zero attached hydrogens (tertiary/aromatic N) is 2. The standard InChI is InChI=1S/C12H22N4O2/c1-9(8-18-5)14-11(17)15-12(2,3)10-6-13-16(4)7-10/h6-7,9H,8H2,1-5H3,(H2,14,15,17)/t9-/m1/s1. The number of carbonyl (C=O) groups is 1. The van der Waals surface area contributed by atoms with Crippen LogP contribution in [0.2, 0.25) is 0 Å². The molecule has 1 heterocycles. The molecule has 0 saturated carbocycles. The molecular formula is C12H22N4O2. The van der Waals surface area contributed by atoms with Crippen molar-refractivity contribution in [2.75, 3.05) is 13.7 Å². The fourth-order valence-corrected chi connectivity index (χ4v) is 1.65. The molecule has 0 fully saturated rings. The Bertz CT molecular complexity index is 401. The summed E-state index contributed by atoms with van der Waals surface area (Å²) in [6.45, 7) is 6.25. The Kier molecular flexibility index (Phi) is 4.72. The molecule has 2 N–H and O–H groups in total. The summed E-state index contributed by atoms with van der Waals surface area (Å²) >= 11 is 0. The largest absolute Gasteiger partial charge is 0.383 e. The number of ether oxygens (including phenoxy) is 1. The SMILES string of the molecule is COC[C@@H](C)NC(=O)NC(C)(C)c1cnn(C)c1. The van der Waals surface area contributed by atoms with Crippen LogP contribution >= 0.6 is 0 Å². The number of aromatic nitrogens is 2. The van der Waals surface area contributed by atoms with E-state index in [-0.39, 0.29) is 12.1 Å². The van der Waals surface area contributed by atoms with Gasteiger partial charge in [-0.15, -0.1) is 0 Å². The molecule has 0 bridgehead atoms. The number of carbonyl (C=O) groups excluding carboxylic acids is 1. The zero-order chi connectivity index (χ0) is 13.8. The van der Waals surface area contributed by atoms with Crippen molar-refractivity contribution in [3.05, 3.63) is 18.0 Å².